The molecule has 0 aromatic heterocycles. The van der Waals surface area contributed by atoms with Crippen molar-refractivity contribution in [1.29, 1.82) is 5.26 Å². The smallest absolute Gasteiger partial charge is 0.294 e. The number of hydrogen-bond acceptors (Lipinski definition) is 5. The molecule has 1 aromatic carbocycles. The minimum atomic E-state index is -0.957. The number of anilines is 1. The van der Waals surface area contributed by atoms with E-state index in [0.29, 0.717) is 12.8 Å². The number of carbonyl (C=O) groups excluding carboxylic acids is 1. The molecule has 1 aliphatic carbocycles. The fourth-order valence-electron chi connectivity index (χ4n) is 2.34. The van der Waals surface area contributed by atoms with Crippen LogP contribution < -0.4 is 11.1 Å². The van der Waals surface area contributed by atoms with E-state index in [9.17, 15) is 14.9 Å². The Bertz CT molecular complexity index is 600. The van der Waals surface area contributed by atoms with Gasteiger partial charge in [-0.05, 0) is 25.0 Å². The summed E-state index contributed by atoms with van der Waals surface area (Å²) in [5, 5.41) is 22.2. The summed E-state index contributed by atoms with van der Waals surface area (Å²) < 4.78 is 0. The summed E-state index contributed by atoms with van der Waals surface area (Å²) >= 11 is 0. The van der Waals surface area contributed by atoms with Crippen molar-refractivity contribution < 1.29 is 9.72 Å². The van der Waals surface area contributed by atoms with Gasteiger partial charge in [-0.25, -0.2) is 0 Å². The Morgan fingerprint density at radius 3 is 2.65 bits per heavy atom. The zero-order valence-electron chi connectivity index (χ0n) is 10.8. The van der Waals surface area contributed by atoms with Crippen LogP contribution in [0.25, 0.3) is 0 Å². The van der Waals surface area contributed by atoms with Gasteiger partial charge in [-0.2, -0.15) is 5.26 Å². The summed E-state index contributed by atoms with van der Waals surface area (Å²) in [7, 11) is 0. The largest absolute Gasteiger partial charge is 0.319 e. The Morgan fingerprint density at radius 1 is 1.45 bits per heavy atom. The van der Waals surface area contributed by atoms with E-state index in [4.69, 9.17) is 11.0 Å². The lowest BCUT2D eigenvalue weighted by atomic mass is 9.98. The number of nitriles is 1. The summed E-state index contributed by atoms with van der Waals surface area (Å²) in [5.74, 6) is -0.414. The second kappa shape index (κ2) is 5.27. The fourth-order valence-corrected chi connectivity index (χ4v) is 2.34. The normalized spacial score (nSPS) is 16.4. The van der Waals surface area contributed by atoms with Crippen LogP contribution in [0.15, 0.2) is 18.2 Å². The molecule has 0 aliphatic heterocycles. The summed E-state index contributed by atoms with van der Waals surface area (Å²) in [6.07, 6.45) is 2.89. The number of nitrogens with one attached hydrogen (secondary N) is 1. The first kappa shape index (κ1) is 14.0. The highest BCUT2D eigenvalue weighted by Gasteiger charge is 2.37. The van der Waals surface area contributed by atoms with Crippen LogP contribution in [0.5, 0.6) is 0 Å². The number of rotatable bonds is 3. The molecular weight excluding hydrogens is 260 g/mol. The lowest BCUT2D eigenvalue weighted by molar-refractivity contribution is -0.384. The number of amides is 1. The van der Waals surface area contributed by atoms with Gasteiger partial charge in [0.25, 0.3) is 5.69 Å². The average Bonchev–Trinajstić information content (AvgIpc) is 2.87. The lowest BCUT2D eigenvalue weighted by Gasteiger charge is -2.22. The SMILES string of the molecule is N#Cc1ccc(NC(=O)C2(N)CCCC2)c([N+](=O)[O-])c1. The quantitative estimate of drug-likeness (QED) is 0.641. The maximum atomic E-state index is 12.1. The molecule has 0 spiro atoms. The zero-order chi connectivity index (χ0) is 14.8. The molecule has 1 fully saturated rings. The first-order chi connectivity index (χ1) is 9.46. The maximum absolute atomic E-state index is 12.1. The van der Waals surface area contributed by atoms with Crippen molar-refractivity contribution in [3.8, 4) is 6.07 Å². The highest BCUT2D eigenvalue weighted by atomic mass is 16.6. The van der Waals surface area contributed by atoms with E-state index in [1.54, 1.807) is 0 Å². The number of nitro groups is 1. The molecule has 0 atom stereocenters. The van der Waals surface area contributed by atoms with Crippen LogP contribution in [0.3, 0.4) is 0 Å². The van der Waals surface area contributed by atoms with E-state index < -0.39 is 16.4 Å². The molecule has 3 N–H and O–H groups in total. The van der Waals surface area contributed by atoms with Crippen LogP contribution in [-0.4, -0.2) is 16.4 Å². The highest BCUT2D eigenvalue weighted by molar-refractivity contribution is 5.99. The molecule has 2 rings (SSSR count). The van der Waals surface area contributed by atoms with Crippen molar-refractivity contribution in [3.05, 3.63) is 33.9 Å². The van der Waals surface area contributed by atoms with Gasteiger partial charge in [0.2, 0.25) is 5.91 Å². The van der Waals surface area contributed by atoms with Gasteiger partial charge in [0.05, 0.1) is 22.1 Å². The van der Waals surface area contributed by atoms with Crippen LogP contribution in [0.1, 0.15) is 31.2 Å². The zero-order valence-corrected chi connectivity index (χ0v) is 10.8. The lowest BCUT2D eigenvalue weighted by Crippen LogP contribution is -2.48. The second-order valence-electron chi connectivity index (χ2n) is 4.92. The van der Waals surface area contributed by atoms with Gasteiger partial charge < -0.3 is 11.1 Å². The van der Waals surface area contributed by atoms with Crippen molar-refractivity contribution in [2.75, 3.05) is 5.32 Å². The Labute approximate surface area is 115 Å². The third-order valence-electron chi connectivity index (χ3n) is 3.52. The molecule has 1 aromatic rings. The minimum Gasteiger partial charge on any atom is -0.319 e. The van der Waals surface area contributed by atoms with E-state index in [2.05, 4.69) is 5.32 Å². The Balaban J connectivity index is 2.27. The Kier molecular flexibility index (Phi) is 3.68. The minimum absolute atomic E-state index is 0.0655. The molecular formula is C13H14N4O3. The molecule has 1 amide bonds. The number of nitro benzene ring substituents is 1. The van der Waals surface area contributed by atoms with Crippen LogP contribution in [0.2, 0.25) is 0 Å². The van der Waals surface area contributed by atoms with Crippen molar-refractivity contribution in [2.24, 2.45) is 5.73 Å². The van der Waals surface area contributed by atoms with Crippen LogP contribution in [-0.2, 0) is 4.79 Å². The van der Waals surface area contributed by atoms with Gasteiger partial charge >= 0.3 is 0 Å². The van der Waals surface area contributed by atoms with Gasteiger partial charge in [-0.15, -0.1) is 0 Å². The van der Waals surface area contributed by atoms with Gasteiger partial charge in [0.1, 0.15) is 5.69 Å². The molecule has 0 saturated heterocycles. The second-order valence-corrected chi connectivity index (χ2v) is 4.92. The van der Waals surface area contributed by atoms with E-state index >= 15 is 0 Å². The van der Waals surface area contributed by atoms with E-state index in [0.717, 1.165) is 18.9 Å². The van der Waals surface area contributed by atoms with Gasteiger partial charge in [0, 0.05) is 6.07 Å². The Morgan fingerprint density at radius 2 is 2.10 bits per heavy atom. The summed E-state index contributed by atoms with van der Waals surface area (Å²) in [6, 6.07) is 5.73. The number of nitrogens with zero attached hydrogens (tertiary/aromatic N) is 2. The molecule has 104 valence electrons. The standard InChI is InChI=1S/C13H14N4O3/c14-8-9-3-4-10(11(7-9)17(19)20)16-12(18)13(15)5-1-2-6-13/h3-4,7H,1-2,5-6,15H2,(H,16,18). The third-order valence-corrected chi connectivity index (χ3v) is 3.52. The van der Waals surface area contributed by atoms with Crippen molar-refractivity contribution in [2.45, 2.75) is 31.2 Å². The predicted octanol–water partition coefficient (Wildman–Crippen LogP) is 1.68. The van der Waals surface area contributed by atoms with Gasteiger partial charge in [-0.3, -0.25) is 14.9 Å². The fraction of sp³-hybridized carbons (Fsp3) is 0.385. The summed E-state index contributed by atoms with van der Waals surface area (Å²) in [4.78, 5) is 22.5. The molecule has 1 saturated carbocycles. The first-order valence-corrected chi connectivity index (χ1v) is 6.25. The van der Waals surface area contributed by atoms with Crippen molar-refractivity contribution in [3.63, 3.8) is 0 Å². The molecule has 0 heterocycles. The van der Waals surface area contributed by atoms with Crippen molar-refractivity contribution in [1.82, 2.24) is 0 Å². The molecule has 0 radical (unpaired) electrons. The Hall–Kier alpha value is -2.46. The molecule has 1 aliphatic rings. The van der Waals surface area contributed by atoms with Crippen LogP contribution in [0.4, 0.5) is 11.4 Å². The van der Waals surface area contributed by atoms with E-state index in [1.165, 1.54) is 12.1 Å². The van der Waals surface area contributed by atoms with Gasteiger partial charge in [-0.1, -0.05) is 12.8 Å². The first-order valence-electron chi connectivity index (χ1n) is 6.25. The van der Waals surface area contributed by atoms with E-state index in [-0.39, 0.29) is 16.9 Å². The maximum Gasteiger partial charge on any atom is 0.294 e. The van der Waals surface area contributed by atoms with Crippen molar-refractivity contribution >= 4 is 17.3 Å². The average molecular weight is 274 g/mol. The third kappa shape index (κ3) is 2.60. The number of hydrogen-bond donors (Lipinski definition) is 2. The van der Waals surface area contributed by atoms with Crippen LogP contribution in [0, 0.1) is 21.4 Å². The number of benzene rings is 1. The summed E-state index contributed by atoms with van der Waals surface area (Å²) in [6.45, 7) is 0. The number of nitrogens with two attached hydrogens (primary N) is 1. The predicted molar refractivity (Wildman–Crippen MR) is 71.8 cm³/mol. The highest BCUT2D eigenvalue weighted by Crippen LogP contribution is 2.31. The monoisotopic (exact) mass is 274 g/mol. The number of carbonyl (C=O) groups is 1. The van der Waals surface area contributed by atoms with E-state index in [1.807, 2.05) is 6.07 Å². The summed E-state index contributed by atoms with van der Waals surface area (Å²) in [5.41, 5.74) is 4.97. The molecule has 7 heteroatoms. The molecule has 7 nitrogen and oxygen atoms in total. The topological polar surface area (TPSA) is 122 Å². The van der Waals surface area contributed by atoms with Gasteiger partial charge in [0.15, 0.2) is 0 Å². The molecule has 0 bridgehead atoms. The molecule has 0 unspecified atom stereocenters. The van der Waals surface area contributed by atoms with Crippen LogP contribution >= 0.6 is 0 Å². The molecule has 20 heavy (non-hydrogen) atoms.